The second-order valence-electron chi connectivity index (χ2n) is 6.61. The van der Waals surface area contributed by atoms with Crippen LogP contribution >= 0.6 is 11.6 Å². The van der Waals surface area contributed by atoms with Gasteiger partial charge < -0.3 is 10.5 Å². The molecular formula is C17H18ClFN2O3S. The molecule has 0 amide bonds. The number of fused-ring (bicyclic) bond motifs is 1. The maximum atomic E-state index is 13.2. The molecule has 0 aromatic heterocycles. The molecule has 2 aromatic rings. The van der Waals surface area contributed by atoms with Crippen molar-refractivity contribution in [2.24, 2.45) is 0 Å². The van der Waals surface area contributed by atoms with Gasteiger partial charge in [0.25, 0.3) is 0 Å². The van der Waals surface area contributed by atoms with Gasteiger partial charge in [-0.15, -0.1) is 0 Å². The zero-order valence-corrected chi connectivity index (χ0v) is 15.3. The summed E-state index contributed by atoms with van der Waals surface area (Å²) in [5, 5.41) is -0.174. The normalized spacial score (nSPS) is 19.1. The fourth-order valence-corrected chi connectivity index (χ4v) is 4.67. The SMILES string of the molecule is CC1(C)CC(NS(=O)(=O)c2ccc(F)cc2Cl)c2cc(N)ccc2O1. The van der Waals surface area contributed by atoms with Crippen LogP contribution in [0.2, 0.25) is 5.02 Å². The minimum absolute atomic E-state index is 0.174. The number of nitrogens with two attached hydrogens (primary N) is 1. The van der Waals surface area contributed by atoms with Crippen LogP contribution in [0, 0.1) is 5.82 Å². The van der Waals surface area contributed by atoms with Crippen molar-refractivity contribution in [3.05, 3.63) is 52.8 Å². The van der Waals surface area contributed by atoms with E-state index in [-0.39, 0.29) is 9.92 Å². The molecular weight excluding hydrogens is 367 g/mol. The third-order valence-corrected chi connectivity index (χ3v) is 5.93. The molecule has 0 aliphatic carbocycles. The van der Waals surface area contributed by atoms with Gasteiger partial charge in [0.1, 0.15) is 22.1 Å². The molecule has 1 aliphatic rings. The van der Waals surface area contributed by atoms with Gasteiger partial charge in [0.2, 0.25) is 10.0 Å². The summed E-state index contributed by atoms with van der Waals surface area (Å²) >= 11 is 5.91. The van der Waals surface area contributed by atoms with Gasteiger partial charge in [0.05, 0.1) is 11.1 Å². The highest BCUT2D eigenvalue weighted by Gasteiger charge is 2.36. The maximum absolute atomic E-state index is 13.2. The molecule has 1 unspecified atom stereocenters. The number of benzene rings is 2. The maximum Gasteiger partial charge on any atom is 0.242 e. The fraction of sp³-hybridized carbons (Fsp3) is 0.294. The molecule has 0 spiro atoms. The highest BCUT2D eigenvalue weighted by atomic mass is 35.5. The Balaban J connectivity index is 2.00. The van der Waals surface area contributed by atoms with Crippen molar-refractivity contribution in [2.45, 2.75) is 36.8 Å². The number of ether oxygens (including phenoxy) is 1. The van der Waals surface area contributed by atoms with Gasteiger partial charge in [-0.1, -0.05) is 11.6 Å². The summed E-state index contributed by atoms with van der Waals surface area (Å²) in [7, 11) is -3.96. The Morgan fingerprint density at radius 1 is 1.28 bits per heavy atom. The number of nitrogens with one attached hydrogen (secondary N) is 1. The third kappa shape index (κ3) is 3.73. The van der Waals surface area contributed by atoms with E-state index in [1.54, 1.807) is 18.2 Å². The molecule has 8 heteroatoms. The minimum atomic E-state index is -3.96. The van der Waals surface area contributed by atoms with Gasteiger partial charge in [-0.2, -0.15) is 0 Å². The Morgan fingerprint density at radius 3 is 2.68 bits per heavy atom. The summed E-state index contributed by atoms with van der Waals surface area (Å²) in [6, 6.07) is 7.72. The Kier molecular flexibility index (Phi) is 4.43. The smallest absolute Gasteiger partial charge is 0.242 e. The van der Waals surface area contributed by atoms with Gasteiger partial charge in [0, 0.05) is 17.7 Å². The van der Waals surface area contributed by atoms with Crippen molar-refractivity contribution in [3.8, 4) is 5.75 Å². The summed E-state index contributed by atoms with van der Waals surface area (Å²) in [5.41, 5.74) is 6.42. The van der Waals surface area contributed by atoms with E-state index in [1.807, 2.05) is 13.8 Å². The zero-order chi connectivity index (χ0) is 18.4. The number of rotatable bonds is 3. The highest BCUT2D eigenvalue weighted by molar-refractivity contribution is 7.89. The summed E-state index contributed by atoms with van der Waals surface area (Å²) in [4.78, 5) is -0.176. The second kappa shape index (κ2) is 6.16. The Bertz CT molecular complexity index is 931. The second-order valence-corrected chi connectivity index (χ2v) is 8.70. The molecule has 1 aliphatic heterocycles. The van der Waals surface area contributed by atoms with Crippen LogP contribution in [0.3, 0.4) is 0 Å². The lowest BCUT2D eigenvalue weighted by Gasteiger charge is -2.37. The van der Waals surface area contributed by atoms with Crippen molar-refractivity contribution in [1.82, 2.24) is 4.72 Å². The first kappa shape index (κ1) is 18.0. The van der Waals surface area contributed by atoms with Crippen LogP contribution in [0.15, 0.2) is 41.3 Å². The molecule has 25 heavy (non-hydrogen) atoms. The first-order valence-electron chi connectivity index (χ1n) is 7.63. The van der Waals surface area contributed by atoms with Gasteiger partial charge in [0.15, 0.2) is 0 Å². The molecule has 1 heterocycles. The first-order chi connectivity index (χ1) is 11.6. The zero-order valence-electron chi connectivity index (χ0n) is 13.7. The van der Waals surface area contributed by atoms with Crippen molar-refractivity contribution in [2.75, 3.05) is 5.73 Å². The van der Waals surface area contributed by atoms with E-state index in [4.69, 9.17) is 22.1 Å². The molecule has 0 bridgehead atoms. The van der Waals surface area contributed by atoms with E-state index in [0.717, 1.165) is 18.2 Å². The topological polar surface area (TPSA) is 81.4 Å². The van der Waals surface area contributed by atoms with Gasteiger partial charge >= 0.3 is 0 Å². The van der Waals surface area contributed by atoms with E-state index in [0.29, 0.717) is 23.4 Å². The largest absolute Gasteiger partial charge is 0.487 e. The summed E-state index contributed by atoms with van der Waals surface area (Å²) in [6.45, 7) is 3.75. The van der Waals surface area contributed by atoms with Gasteiger partial charge in [-0.25, -0.2) is 17.5 Å². The predicted molar refractivity (Wildman–Crippen MR) is 94.7 cm³/mol. The van der Waals surface area contributed by atoms with E-state index < -0.39 is 27.5 Å². The molecule has 0 fully saturated rings. The number of hydrogen-bond donors (Lipinski definition) is 2. The third-order valence-electron chi connectivity index (χ3n) is 3.97. The standard InChI is InChI=1S/C17H18ClFN2O3S/c1-17(2)9-14(12-8-11(20)4-5-15(12)24-17)21-25(22,23)16-6-3-10(19)7-13(16)18/h3-8,14,21H,9,20H2,1-2H3. The highest BCUT2D eigenvalue weighted by Crippen LogP contribution is 2.41. The van der Waals surface area contributed by atoms with Crippen LogP contribution in [0.25, 0.3) is 0 Å². The van der Waals surface area contributed by atoms with Crippen molar-refractivity contribution in [3.63, 3.8) is 0 Å². The van der Waals surface area contributed by atoms with Crippen LogP contribution in [0.1, 0.15) is 31.9 Å². The van der Waals surface area contributed by atoms with E-state index in [9.17, 15) is 12.8 Å². The number of halogens is 2. The van der Waals surface area contributed by atoms with Gasteiger partial charge in [-0.05, 0) is 50.2 Å². The summed E-state index contributed by atoms with van der Waals surface area (Å²) < 4.78 is 47.2. The number of nitrogen functional groups attached to an aromatic ring is 1. The summed E-state index contributed by atoms with van der Waals surface area (Å²) in [6.07, 6.45) is 0.404. The molecule has 0 saturated heterocycles. The van der Waals surface area contributed by atoms with Crippen LogP contribution in [-0.4, -0.2) is 14.0 Å². The number of sulfonamides is 1. The lowest BCUT2D eigenvalue weighted by Crippen LogP contribution is -2.41. The van der Waals surface area contributed by atoms with E-state index >= 15 is 0 Å². The molecule has 3 rings (SSSR count). The molecule has 1 atom stereocenters. The van der Waals surface area contributed by atoms with Crippen LogP contribution in [-0.2, 0) is 10.0 Å². The first-order valence-corrected chi connectivity index (χ1v) is 9.49. The lowest BCUT2D eigenvalue weighted by atomic mass is 9.90. The van der Waals surface area contributed by atoms with E-state index in [2.05, 4.69) is 4.72 Å². The van der Waals surface area contributed by atoms with Crippen LogP contribution < -0.4 is 15.2 Å². The van der Waals surface area contributed by atoms with Crippen molar-refractivity contribution >= 4 is 27.3 Å². The monoisotopic (exact) mass is 384 g/mol. The lowest BCUT2D eigenvalue weighted by molar-refractivity contribution is 0.0702. The molecule has 0 radical (unpaired) electrons. The molecule has 5 nitrogen and oxygen atoms in total. The molecule has 3 N–H and O–H groups in total. The number of anilines is 1. The van der Waals surface area contributed by atoms with Gasteiger partial charge in [-0.3, -0.25) is 0 Å². The number of hydrogen-bond acceptors (Lipinski definition) is 4. The van der Waals surface area contributed by atoms with Crippen LogP contribution in [0.5, 0.6) is 5.75 Å². The quantitative estimate of drug-likeness (QED) is 0.791. The minimum Gasteiger partial charge on any atom is -0.487 e. The Hall–Kier alpha value is -1.83. The Labute approximate surface area is 151 Å². The Morgan fingerprint density at radius 2 is 2.00 bits per heavy atom. The summed E-state index contributed by atoms with van der Waals surface area (Å²) in [5.74, 6) is -0.0300. The van der Waals surface area contributed by atoms with Crippen LogP contribution in [0.4, 0.5) is 10.1 Å². The molecule has 0 saturated carbocycles. The molecule has 2 aromatic carbocycles. The van der Waals surface area contributed by atoms with Crippen molar-refractivity contribution in [1.29, 1.82) is 0 Å². The molecule has 134 valence electrons. The van der Waals surface area contributed by atoms with E-state index in [1.165, 1.54) is 0 Å². The average molecular weight is 385 g/mol. The van der Waals surface area contributed by atoms with Crippen molar-refractivity contribution < 1.29 is 17.5 Å². The predicted octanol–water partition coefficient (Wildman–Crippen LogP) is 3.64. The fourth-order valence-electron chi connectivity index (χ4n) is 2.92. The average Bonchev–Trinajstić information content (AvgIpc) is 2.46.